The number of carbonyl (C=O) groups is 1. The molecule has 1 aromatic heterocycles. The fraction of sp³-hybridized carbons (Fsp3) is 0.500. The van der Waals surface area contributed by atoms with Gasteiger partial charge in [0.1, 0.15) is 0 Å². The molecular weight excluding hydrogens is 310 g/mol. The first-order chi connectivity index (χ1) is 7.59. The largest absolute Gasteiger partial charge is 0.387 e. The molecule has 1 unspecified atom stereocenters. The molecule has 0 saturated carbocycles. The smallest absolute Gasteiger partial charge is 0.261 e. The maximum atomic E-state index is 11.7. The Morgan fingerprint density at radius 3 is 3.00 bits per heavy atom. The lowest BCUT2D eigenvalue weighted by molar-refractivity contribution is 0.0614. The second-order valence-electron chi connectivity index (χ2n) is 3.81. The number of thiophene rings is 1. The van der Waals surface area contributed by atoms with Crippen LogP contribution in [0, 0.1) is 0 Å². The summed E-state index contributed by atoms with van der Waals surface area (Å²) in [4.78, 5) is 12.4. The highest BCUT2D eigenvalue weighted by atomic mass is 79.9. The zero-order chi connectivity index (χ0) is 11.6. The zero-order valence-electron chi connectivity index (χ0n) is 8.53. The van der Waals surface area contributed by atoms with Crippen LogP contribution in [0.15, 0.2) is 15.9 Å². The second-order valence-corrected chi connectivity index (χ2v) is 7.38. The van der Waals surface area contributed by atoms with Gasteiger partial charge in [0.05, 0.1) is 14.3 Å². The van der Waals surface area contributed by atoms with Crippen molar-refractivity contribution in [3.8, 4) is 0 Å². The van der Waals surface area contributed by atoms with Gasteiger partial charge in [0.15, 0.2) is 0 Å². The SMILES string of the molecule is O=C(NCC1(O)CCSC1)c1ccc(Br)s1. The maximum absolute atomic E-state index is 11.7. The highest BCUT2D eigenvalue weighted by Crippen LogP contribution is 2.27. The van der Waals surface area contributed by atoms with Crippen LogP contribution < -0.4 is 5.32 Å². The summed E-state index contributed by atoms with van der Waals surface area (Å²) >= 11 is 6.44. The van der Waals surface area contributed by atoms with Gasteiger partial charge in [-0.25, -0.2) is 0 Å². The van der Waals surface area contributed by atoms with Crippen molar-refractivity contribution in [1.82, 2.24) is 5.32 Å². The summed E-state index contributed by atoms with van der Waals surface area (Å²) < 4.78 is 0.938. The van der Waals surface area contributed by atoms with E-state index in [0.717, 1.165) is 16.0 Å². The summed E-state index contributed by atoms with van der Waals surface area (Å²) in [7, 11) is 0. The lowest BCUT2D eigenvalue weighted by atomic mass is 10.0. The van der Waals surface area contributed by atoms with E-state index in [0.29, 0.717) is 17.2 Å². The van der Waals surface area contributed by atoms with Crippen LogP contribution in [-0.2, 0) is 0 Å². The molecule has 1 atom stereocenters. The molecule has 2 rings (SSSR count). The minimum absolute atomic E-state index is 0.110. The van der Waals surface area contributed by atoms with Crippen molar-refractivity contribution < 1.29 is 9.90 Å². The number of aliphatic hydroxyl groups is 1. The van der Waals surface area contributed by atoms with Gasteiger partial charge in [-0.15, -0.1) is 11.3 Å². The van der Waals surface area contributed by atoms with Gasteiger partial charge in [-0.2, -0.15) is 11.8 Å². The third-order valence-corrected chi connectivity index (χ3v) is 5.31. The second kappa shape index (κ2) is 5.08. The average molecular weight is 322 g/mol. The summed E-state index contributed by atoms with van der Waals surface area (Å²) in [5.74, 6) is 1.57. The van der Waals surface area contributed by atoms with E-state index in [1.165, 1.54) is 11.3 Å². The van der Waals surface area contributed by atoms with Gasteiger partial charge in [0.2, 0.25) is 0 Å². The summed E-state index contributed by atoms with van der Waals surface area (Å²) in [6, 6.07) is 3.62. The summed E-state index contributed by atoms with van der Waals surface area (Å²) in [5.41, 5.74) is -0.713. The molecule has 0 aromatic carbocycles. The summed E-state index contributed by atoms with van der Waals surface area (Å²) in [5, 5.41) is 12.8. The van der Waals surface area contributed by atoms with E-state index in [2.05, 4.69) is 21.2 Å². The predicted octanol–water partition coefficient (Wildman–Crippen LogP) is 2.11. The molecule has 6 heteroatoms. The molecule has 1 amide bonds. The average Bonchev–Trinajstić information content (AvgIpc) is 2.85. The van der Waals surface area contributed by atoms with Crippen molar-refractivity contribution in [3.63, 3.8) is 0 Å². The fourth-order valence-electron chi connectivity index (χ4n) is 1.50. The molecule has 1 aromatic rings. The Kier molecular flexibility index (Phi) is 3.94. The van der Waals surface area contributed by atoms with E-state index in [9.17, 15) is 9.90 Å². The van der Waals surface area contributed by atoms with Crippen LogP contribution in [0.2, 0.25) is 0 Å². The highest BCUT2D eigenvalue weighted by Gasteiger charge is 2.32. The third kappa shape index (κ3) is 3.00. The van der Waals surface area contributed by atoms with Gasteiger partial charge in [-0.05, 0) is 40.2 Å². The lowest BCUT2D eigenvalue weighted by Crippen LogP contribution is -2.42. The Morgan fingerprint density at radius 1 is 1.62 bits per heavy atom. The van der Waals surface area contributed by atoms with Gasteiger partial charge in [-0.3, -0.25) is 4.79 Å². The Labute approximate surface area is 111 Å². The fourth-order valence-corrected chi connectivity index (χ4v) is 4.10. The van der Waals surface area contributed by atoms with Crippen LogP contribution in [0.5, 0.6) is 0 Å². The molecular formula is C10H12BrNO2S2. The molecule has 0 spiro atoms. The molecule has 0 radical (unpaired) electrons. The zero-order valence-corrected chi connectivity index (χ0v) is 11.8. The summed E-state index contributed by atoms with van der Waals surface area (Å²) in [6.45, 7) is 0.342. The number of rotatable bonds is 3. The third-order valence-electron chi connectivity index (χ3n) is 2.46. The number of carbonyl (C=O) groups excluding carboxylic acids is 1. The maximum Gasteiger partial charge on any atom is 0.261 e. The molecule has 1 fully saturated rings. The topological polar surface area (TPSA) is 49.3 Å². The molecule has 1 aliphatic rings. The van der Waals surface area contributed by atoms with Crippen molar-refractivity contribution in [1.29, 1.82) is 0 Å². The number of nitrogens with one attached hydrogen (secondary N) is 1. The standard InChI is InChI=1S/C10H12BrNO2S2/c11-8-2-1-7(16-8)9(13)12-5-10(14)3-4-15-6-10/h1-2,14H,3-6H2,(H,12,13). The molecule has 1 saturated heterocycles. The van der Waals surface area contributed by atoms with Crippen molar-refractivity contribution >= 4 is 44.9 Å². The molecule has 3 nitrogen and oxygen atoms in total. The van der Waals surface area contributed by atoms with Gasteiger partial charge < -0.3 is 10.4 Å². The van der Waals surface area contributed by atoms with E-state index in [1.807, 2.05) is 6.07 Å². The van der Waals surface area contributed by atoms with Gasteiger partial charge in [0.25, 0.3) is 5.91 Å². The Morgan fingerprint density at radius 2 is 2.44 bits per heavy atom. The van der Waals surface area contributed by atoms with E-state index < -0.39 is 5.60 Å². The minimum Gasteiger partial charge on any atom is -0.387 e. The normalized spacial score (nSPS) is 24.6. The number of hydrogen-bond acceptors (Lipinski definition) is 4. The van der Waals surface area contributed by atoms with Crippen LogP contribution >= 0.6 is 39.0 Å². The van der Waals surface area contributed by atoms with Crippen molar-refractivity contribution in [2.24, 2.45) is 0 Å². The number of thioether (sulfide) groups is 1. The van der Waals surface area contributed by atoms with Gasteiger partial charge in [-0.1, -0.05) is 0 Å². The first-order valence-electron chi connectivity index (χ1n) is 4.93. The van der Waals surface area contributed by atoms with E-state index >= 15 is 0 Å². The molecule has 2 heterocycles. The Balaban J connectivity index is 1.88. The van der Waals surface area contributed by atoms with Crippen molar-refractivity contribution in [2.75, 3.05) is 18.1 Å². The number of halogens is 1. The first kappa shape index (κ1) is 12.4. The van der Waals surface area contributed by atoms with Gasteiger partial charge >= 0.3 is 0 Å². The quantitative estimate of drug-likeness (QED) is 0.896. The Hall–Kier alpha value is -0.0400. The molecule has 16 heavy (non-hydrogen) atoms. The summed E-state index contributed by atoms with van der Waals surface area (Å²) in [6.07, 6.45) is 0.756. The Bertz CT molecular complexity index is 388. The number of amides is 1. The minimum atomic E-state index is -0.713. The van der Waals surface area contributed by atoms with E-state index in [1.54, 1.807) is 17.8 Å². The van der Waals surface area contributed by atoms with Crippen molar-refractivity contribution in [2.45, 2.75) is 12.0 Å². The van der Waals surface area contributed by atoms with E-state index in [4.69, 9.17) is 0 Å². The van der Waals surface area contributed by atoms with Gasteiger partial charge in [0, 0.05) is 12.3 Å². The molecule has 2 N–H and O–H groups in total. The predicted molar refractivity (Wildman–Crippen MR) is 71.2 cm³/mol. The van der Waals surface area contributed by atoms with E-state index in [-0.39, 0.29) is 5.91 Å². The van der Waals surface area contributed by atoms with Crippen LogP contribution in [0.25, 0.3) is 0 Å². The molecule has 1 aliphatic heterocycles. The highest BCUT2D eigenvalue weighted by molar-refractivity contribution is 9.11. The van der Waals surface area contributed by atoms with Crippen LogP contribution in [-0.4, -0.2) is 34.7 Å². The molecule has 88 valence electrons. The van der Waals surface area contributed by atoms with Crippen molar-refractivity contribution in [3.05, 3.63) is 20.8 Å². The monoisotopic (exact) mass is 321 g/mol. The van der Waals surface area contributed by atoms with Crippen LogP contribution in [0.1, 0.15) is 16.1 Å². The first-order valence-corrected chi connectivity index (χ1v) is 7.69. The lowest BCUT2D eigenvalue weighted by Gasteiger charge is -2.21. The number of hydrogen-bond donors (Lipinski definition) is 2. The van der Waals surface area contributed by atoms with Crippen LogP contribution in [0.4, 0.5) is 0 Å². The van der Waals surface area contributed by atoms with Crippen LogP contribution in [0.3, 0.4) is 0 Å². The molecule has 0 aliphatic carbocycles. The molecule has 0 bridgehead atoms.